The van der Waals surface area contributed by atoms with Gasteiger partial charge in [0.25, 0.3) is 0 Å². The van der Waals surface area contributed by atoms with Crippen LogP contribution in [0.3, 0.4) is 0 Å². The summed E-state index contributed by atoms with van der Waals surface area (Å²) in [5.74, 6) is 0.628. The number of rotatable bonds is 6. The Bertz CT molecular complexity index is 3220. The third kappa shape index (κ3) is 5.32. The number of oxazole rings is 1. The number of fused-ring (bicyclic) bond motifs is 8. The second-order valence-corrected chi connectivity index (χ2v) is 14.3. The molecule has 0 aliphatic heterocycles. The molecule has 0 spiro atoms. The number of anilines is 3. The second kappa shape index (κ2) is 13.1. The Kier molecular flexibility index (Phi) is 7.49. The average Bonchev–Trinajstić information content (AvgIpc) is 3.72. The first-order chi connectivity index (χ1) is 27.8. The van der Waals surface area contributed by atoms with E-state index in [0.717, 1.165) is 66.0 Å². The summed E-state index contributed by atoms with van der Waals surface area (Å²) in [6.45, 7) is 0. The zero-order valence-electron chi connectivity index (χ0n) is 30.4. The zero-order valence-corrected chi connectivity index (χ0v) is 30.4. The van der Waals surface area contributed by atoms with E-state index in [1.54, 1.807) is 0 Å². The Balaban J connectivity index is 1.12. The molecule has 0 radical (unpaired) electrons. The quantitative estimate of drug-likeness (QED) is 0.161. The Morgan fingerprint density at radius 1 is 0.357 bits per heavy atom. The highest BCUT2D eigenvalue weighted by Crippen LogP contribution is 2.44. The van der Waals surface area contributed by atoms with E-state index in [4.69, 9.17) is 9.40 Å². The third-order valence-corrected chi connectivity index (χ3v) is 11.1. The van der Waals surface area contributed by atoms with Gasteiger partial charge in [0, 0.05) is 33.1 Å². The molecule has 0 aliphatic carbocycles. The summed E-state index contributed by atoms with van der Waals surface area (Å²) in [6, 6.07) is 73.6. The highest BCUT2D eigenvalue weighted by Gasteiger charge is 2.20. The number of nitrogens with zero attached hydrogens (tertiary/aromatic N) is 2. The van der Waals surface area contributed by atoms with Crippen molar-refractivity contribution in [2.45, 2.75) is 0 Å². The van der Waals surface area contributed by atoms with Crippen molar-refractivity contribution in [3.05, 3.63) is 206 Å². The summed E-state index contributed by atoms with van der Waals surface area (Å²) in [7, 11) is 0. The smallest absolute Gasteiger partial charge is 0.227 e. The molecule has 0 amide bonds. The maximum Gasteiger partial charge on any atom is 0.227 e. The van der Waals surface area contributed by atoms with Crippen molar-refractivity contribution >= 4 is 71.3 Å². The molecule has 0 aliphatic rings. The van der Waals surface area contributed by atoms with Crippen LogP contribution in [0.5, 0.6) is 0 Å². The minimum atomic E-state index is 0.628. The number of benzene rings is 10. The fourth-order valence-corrected chi connectivity index (χ4v) is 8.39. The minimum absolute atomic E-state index is 0.628. The normalized spacial score (nSPS) is 11.6. The summed E-state index contributed by atoms with van der Waals surface area (Å²) in [5, 5.41) is 9.32. The molecule has 11 rings (SSSR count). The Morgan fingerprint density at radius 2 is 0.929 bits per heavy atom. The highest BCUT2D eigenvalue weighted by molar-refractivity contribution is 6.27. The first-order valence-electron chi connectivity index (χ1n) is 19.0. The lowest BCUT2D eigenvalue weighted by Crippen LogP contribution is -2.10. The summed E-state index contributed by atoms with van der Waals surface area (Å²) < 4.78 is 6.64. The van der Waals surface area contributed by atoms with E-state index < -0.39 is 0 Å². The number of hydrogen-bond donors (Lipinski definition) is 0. The molecule has 0 saturated carbocycles. The fraction of sp³-hybridized carbons (Fsp3) is 0. The molecular weight excluding hydrogens is 681 g/mol. The van der Waals surface area contributed by atoms with Crippen LogP contribution in [-0.4, -0.2) is 4.98 Å². The zero-order chi connectivity index (χ0) is 37.0. The Hall–Kier alpha value is -7.49. The van der Waals surface area contributed by atoms with Gasteiger partial charge in [-0.3, -0.25) is 0 Å². The SMILES string of the molecule is c1ccc(-c2ccc(N(c3ccc(-c4cccc5ccccc45)cc3)c3cccc4c3ccc3ccc5ccc6nc(-c7ccccc7)oc6c5c34)cc2)cc1. The Labute approximate surface area is 324 Å². The predicted octanol–water partition coefficient (Wildman–Crippen LogP) is 14.9. The summed E-state index contributed by atoms with van der Waals surface area (Å²) in [5.41, 5.74) is 10.7. The van der Waals surface area contributed by atoms with Gasteiger partial charge < -0.3 is 9.32 Å². The van der Waals surface area contributed by atoms with Gasteiger partial charge in [-0.15, -0.1) is 0 Å². The van der Waals surface area contributed by atoms with Gasteiger partial charge in [0.15, 0.2) is 5.58 Å². The Morgan fingerprint density at radius 3 is 1.70 bits per heavy atom. The third-order valence-electron chi connectivity index (χ3n) is 11.1. The monoisotopic (exact) mass is 714 g/mol. The van der Waals surface area contributed by atoms with Crippen molar-refractivity contribution in [1.82, 2.24) is 4.98 Å². The molecular formula is C53H34N2O. The molecule has 262 valence electrons. The fourth-order valence-electron chi connectivity index (χ4n) is 8.39. The van der Waals surface area contributed by atoms with Gasteiger partial charge in [0.05, 0.1) is 5.69 Å². The number of hydrogen-bond acceptors (Lipinski definition) is 3. The molecule has 0 unspecified atom stereocenters. The average molecular weight is 715 g/mol. The topological polar surface area (TPSA) is 29.3 Å². The van der Waals surface area contributed by atoms with E-state index in [2.05, 4.69) is 181 Å². The minimum Gasteiger partial charge on any atom is -0.435 e. The van der Waals surface area contributed by atoms with Crippen molar-refractivity contribution in [3.63, 3.8) is 0 Å². The second-order valence-electron chi connectivity index (χ2n) is 14.3. The maximum absolute atomic E-state index is 6.64. The molecule has 56 heavy (non-hydrogen) atoms. The lowest BCUT2D eigenvalue weighted by atomic mass is 9.94. The molecule has 0 atom stereocenters. The molecule has 10 aromatic carbocycles. The van der Waals surface area contributed by atoms with Crippen molar-refractivity contribution < 1.29 is 4.42 Å². The van der Waals surface area contributed by atoms with E-state index in [9.17, 15) is 0 Å². The van der Waals surface area contributed by atoms with E-state index in [0.29, 0.717) is 5.89 Å². The van der Waals surface area contributed by atoms with Crippen LogP contribution in [0.15, 0.2) is 211 Å². The largest absolute Gasteiger partial charge is 0.435 e. The summed E-state index contributed by atoms with van der Waals surface area (Å²) in [6.07, 6.45) is 0. The first kappa shape index (κ1) is 32.0. The van der Waals surface area contributed by atoms with E-state index in [-0.39, 0.29) is 0 Å². The lowest BCUT2D eigenvalue weighted by molar-refractivity contribution is 0.623. The molecule has 3 heteroatoms. The van der Waals surface area contributed by atoms with Gasteiger partial charge in [-0.1, -0.05) is 158 Å². The van der Waals surface area contributed by atoms with E-state index in [1.165, 1.54) is 33.0 Å². The molecule has 0 N–H and O–H groups in total. The van der Waals surface area contributed by atoms with Gasteiger partial charge >= 0.3 is 0 Å². The lowest BCUT2D eigenvalue weighted by Gasteiger charge is -2.27. The highest BCUT2D eigenvalue weighted by atomic mass is 16.3. The van der Waals surface area contributed by atoms with Gasteiger partial charge in [-0.25, -0.2) is 4.98 Å². The van der Waals surface area contributed by atoms with Crippen LogP contribution >= 0.6 is 0 Å². The van der Waals surface area contributed by atoms with Crippen molar-refractivity contribution in [2.75, 3.05) is 4.90 Å². The van der Waals surface area contributed by atoms with Crippen LogP contribution in [0.25, 0.3) is 87.9 Å². The van der Waals surface area contributed by atoms with Gasteiger partial charge in [-0.05, 0) is 97.7 Å². The first-order valence-corrected chi connectivity index (χ1v) is 19.0. The standard InChI is InChI=1S/C53H34N2O/c1-3-11-35(12-4-1)36-23-29-42(30-24-36)55(43-31-25-38(26-32-43)45-18-9-16-37-13-7-8-17-44(37)45)49-20-10-19-47-46(49)33-27-39-21-22-40-28-34-48-52(51(40)50(39)47)56-53(54-48)41-14-5-2-6-15-41/h1-34H. The van der Waals surface area contributed by atoms with E-state index >= 15 is 0 Å². The van der Waals surface area contributed by atoms with E-state index in [1.807, 2.05) is 30.3 Å². The van der Waals surface area contributed by atoms with Crippen LogP contribution < -0.4 is 4.90 Å². The van der Waals surface area contributed by atoms with Gasteiger partial charge in [0.1, 0.15) is 5.52 Å². The molecule has 0 bridgehead atoms. The van der Waals surface area contributed by atoms with Crippen LogP contribution in [0.2, 0.25) is 0 Å². The van der Waals surface area contributed by atoms with Gasteiger partial charge in [0.2, 0.25) is 5.89 Å². The molecule has 0 saturated heterocycles. The summed E-state index contributed by atoms with van der Waals surface area (Å²) >= 11 is 0. The number of aromatic nitrogens is 1. The van der Waals surface area contributed by atoms with Crippen LogP contribution in [-0.2, 0) is 0 Å². The molecule has 3 nitrogen and oxygen atoms in total. The van der Waals surface area contributed by atoms with Crippen molar-refractivity contribution in [2.24, 2.45) is 0 Å². The molecule has 1 heterocycles. The molecule has 11 aromatic rings. The predicted molar refractivity (Wildman–Crippen MR) is 235 cm³/mol. The van der Waals surface area contributed by atoms with Crippen LogP contribution in [0, 0.1) is 0 Å². The van der Waals surface area contributed by atoms with Crippen LogP contribution in [0.4, 0.5) is 17.1 Å². The molecule has 1 aromatic heterocycles. The van der Waals surface area contributed by atoms with Gasteiger partial charge in [-0.2, -0.15) is 0 Å². The van der Waals surface area contributed by atoms with Crippen LogP contribution in [0.1, 0.15) is 0 Å². The summed E-state index contributed by atoms with van der Waals surface area (Å²) in [4.78, 5) is 7.33. The maximum atomic E-state index is 6.64. The van der Waals surface area contributed by atoms with Crippen molar-refractivity contribution in [1.29, 1.82) is 0 Å². The molecule has 0 fully saturated rings. The van der Waals surface area contributed by atoms with Crippen molar-refractivity contribution in [3.8, 4) is 33.7 Å².